The van der Waals surface area contributed by atoms with Crippen molar-refractivity contribution in [2.75, 3.05) is 0 Å². The molecule has 0 saturated carbocycles. The van der Waals surface area contributed by atoms with E-state index in [9.17, 15) is 13.2 Å². The van der Waals surface area contributed by atoms with Gasteiger partial charge >= 0.3 is 0 Å². The highest BCUT2D eigenvalue weighted by Crippen LogP contribution is 2.21. The van der Waals surface area contributed by atoms with Gasteiger partial charge < -0.3 is 0 Å². The predicted octanol–water partition coefficient (Wildman–Crippen LogP) is 1.90. The van der Waals surface area contributed by atoms with Crippen LogP contribution in [0.1, 0.15) is 0 Å². The monoisotopic (exact) mass is 213 g/mol. The topological polar surface area (TPSA) is 30.7 Å². The number of hydrogen-bond donors (Lipinski definition) is 0. The van der Waals surface area contributed by atoms with Gasteiger partial charge in [0.15, 0.2) is 17.5 Å². The van der Waals surface area contributed by atoms with E-state index in [-0.39, 0.29) is 11.3 Å². The fourth-order valence-electron chi connectivity index (χ4n) is 1.18. The molecule has 0 spiro atoms. The summed E-state index contributed by atoms with van der Waals surface area (Å²) in [7, 11) is 1.62. The molecule has 2 rings (SSSR count). The molecule has 2 aromatic rings. The lowest BCUT2D eigenvalue weighted by molar-refractivity contribution is 0.447. The Bertz CT molecular complexity index is 484. The van der Waals surface area contributed by atoms with Crippen LogP contribution in [0.3, 0.4) is 0 Å². The van der Waals surface area contributed by atoms with Crippen molar-refractivity contribution >= 4 is 0 Å². The largest absolute Gasteiger partial charge is 0.255 e. The summed E-state index contributed by atoms with van der Waals surface area (Å²) in [5.41, 5.74) is 0.440. The molecular weight excluding hydrogens is 207 g/mol. The molecule has 0 amide bonds. The van der Waals surface area contributed by atoms with Crippen molar-refractivity contribution in [3.05, 3.63) is 35.8 Å². The third-order valence-electron chi connectivity index (χ3n) is 1.88. The van der Waals surface area contributed by atoms with E-state index in [1.165, 1.54) is 10.9 Å². The second kappa shape index (κ2) is 3.38. The second-order valence-electron chi connectivity index (χ2n) is 3.03. The van der Waals surface area contributed by atoms with Gasteiger partial charge in [0.2, 0.25) is 0 Å². The first kappa shape index (κ1) is 9.70. The summed E-state index contributed by atoms with van der Waals surface area (Å²) >= 11 is 0. The Morgan fingerprint density at radius 1 is 1.13 bits per heavy atom. The SMILES string of the molecule is Cn1cc(-c2cc(F)c(F)c(F)c2)nn1. The minimum absolute atomic E-state index is 0.152. The molecule has 0 atom stereocenters. The minimum Gasteiger partial charge on any atom is -0.255 e. The molecule has 0 aliphatic rings. The van der Waals surface area contributed by atoms with Crippen molar-refractivity contribution < 1.29 is 13.2 Å². The first-order valence-electron chi connectivity index (χ1n) is 4.09. The van der Waals surface area contributed by atoms with Gasteiger partial charge in [-0.1, -0.05) is 5.21 Å². The summed E-state index contributed by atoms with van der Waals surface area (Å²) in [6.45, 7) is 0. The zero-order valence-electron chi connectivity index (χ0n) is 7.71. The van der Waals surface area contributed by atoms with E-state index < -0.39 is 17.5 Å². The van der Waals surface area contributed by atoms with E-state index >= 15 is 0 Å². The van der Waals surface area contributed by atoms with Crippen LogP contribution in [0.25, 0.3) is 11.3 Å². The molecule has 0 radical (unpaired) electrons. The molecule has 1 aromatic carbocycles. The highest BCUT2D eigenvalue weighted by Gasteiger charge is 2.12. The van der Waals surface area contributed by atoms with E-state index in [1.807, 2.05) is 0 Å². The number of halogens is 3. The molecule has 0 fully saturated rings. The van der Waals surface area contributed by atoms with Crippen molar-refractivity contribution in [3.8, 4) is 11.3 Å². The third kappa shape index (κ3) is 1.70. The van der Waals surface area contributed by atoms with Gasteiger partial charge in [0.1, 0.15) is 5.69 Å². The number of nitrogens with zero attached hydrogens (tertiary/aromatic N) is 3. The number of rotatable bonds is 1. The lowest BCUT2D eigenvalue weighted by Crippen LogP contribution is -1.91. The maximum Gasteiger partial charge on any atom is 0.194 e. The van der Waals surface area contributed by atoms with Crippen LogP contribution < -0.4 is 0 Å². The summed E-state index contributed by atoms with van der Waals surface area (Å²) in [6.07, 6.45) is 1.48. The van der Waals surface area contributed by atoms with Crippen LogP contribution in [-0.2, 0) is 7.05 Å². The molecule has 0 bridgehead atoms. The molecule has 0 aliphatic heterocycles. The van der Waals surface area contributed by atoms with Crippen molar-refractivity contribution in [3.63, 3.8) is 0 Å². The van der Waals surface area contributed by atoms with Crippen LogP contribution in [0.4, 0.5) is 13.2 Å². The minimum atomic E-state index is -1.48. The smallest absolute Gasteiger partial charge is 0.194 e. The maximum absolute atomic E-state index is 12.9. The van der Waals surface area contributed by atoms with Crippen LogP contribution in [-0.4, -0.2) is 15.0 Å². The van der Waals surface area contributed by atoms with Gasteiger partial charge in [-0.3, -0.25) is 4.68 Å². The van der Waals surface area contributed by atoms with E-state index in [4.69, 9.17) is 0 Å². The van der Waals surface area contributed by atoms with E-state index in [1.54, 1.807) is 7.05 Å². The molecule has 78 valence electrons. The number of aryl methyl sites for hydroxylation is 1. The van der Waals surface area contributed by atoms with Gasteiger partial charge in [0.05, 0.1) is 6.20 Å². The Hall–Kier alpha value is -1.85. The van der Waals surface area contributed by atoms with Crippen LogP contribution in [0.5, 0.6) is 0 Å². The standard InChI is InChI=1S/C9H6F3N3/c1-15-4-8(13-14-15)5-2-6(10)9(12)7(11)3-5/h2-4H,1H3. The number of benzene rings is 1. The van der Waals surface area contributed by atoms with Crippen LogP contribution >= 0.6 is 0 Å². The quantitative estimate of drug-likeness (QED) is 0.677. The van der Waals surface area contributed by atoms with Crippen LogP contribution in [0.15, 0.2) is 18.3 Å². The Kier molecular flexibility index (Phi) is 2.18. The molecule has 3 nitrogen and oxygen atoms in total. The fourth-order valence-corrected chi connectivity index (χ4v) is 1.18. The van der Waals surface area contributed by atoms with Gasteiger partial charge in [-0.2, -0.15) is 0 Å². The average molecular weight is 213 g/mol. The Balaban J connectivity index is 2.55. The predicted molar refractivity (Wildman–Crippen MR) is 46.3 cm³/mol. The molecule has 6 heteroatoms. The van der Waals surface area contributed by atoms with Gasteiger partial charge in [-0.15, -0.1) is 5.10 Å². The lowest BCUT2D eigenvalue weighted by atomic mass is 10.1. The molecule has 0 aliphatic carbocycles. The van der Waals surface area contributed by atoms with Crippen molar-refractivity contribution in [1.82, 2.24) is 15.0 Å². The molecule has 0 saturated heterocycles. The highest BCUT2D eigenvalue weighted by atomic mass is 19.2. The number of hydrogen-bond acceptors (Lipinski definition) is 2. The summed E-state index contributed by atoms with van der Waals surface area (Å²) in [5, 5.41) is 7.26. The molecule has 0 unspecified atom stereocenters. The zero-order valence-corrected chi connectivity index (χ0v) is 7.71. The number of aromatic nitrogens is 3. The van der Waals surface area contributed by atoms with E-state index in [0.717, 1.165) is 12.1 Å². The first-order chi connectivity index (χ1) is 7.08. The Morgan fingerprint density at radius 2 is 1.73 bits per heavy atom. The normalized spacial score (nSPS) is 10.7. The maximum atomic E-state index is 12.9. The van der Waals surface area contributed by atoms with E-state index in [0.29, 0.717) is 0 Å². The first-order valence-corrected chi connectivity index (χ1v) is 4.09. The van der Waals surface area contributed by atoms with Gasteiger partial charge in [-0.05, 0) is 12.1 Å². The van der Waals surface area contributed by atoms with Gasteiger partial charge in [-0.25, -0.2) is 13.2 Å². The average Bonchev–Trinajstić information content (AvgIpc) is 2.60. The fraction of sp³-hybridized carbons (Fsp3) is 0.111. The highest BCUT2D eigenvalue weighted by molar-refractivity contribution is 5.57. The lowest BCUT2D eigenvalue weighted by Gasteiger charge is -1.98. The van der Waals surface area contributed by atoms with Crippen molar-refractivity contribution in [2.24, 2.45) is 7.05 Å². The summed E-state index contributed by atoms with van der Waals surface area (Å²) in [6, 6.07) is 1.75. The molecule has 1 heterocycles. The van der Waals surface area contributed by atoms with Gasteiger partial charge in [0.25, 0.3) is 0 Å². The molecule has 0 N–H and O–H groups in total. The zero-order chi connectivity index (χ0) is 11.0. The van der Waals surface area contributed by atoms with Crippen molar-refractivity contribution in [1.29, 1.82) is 0 Å². The third-order valence-corrected chi connectivity index (χ3v) is 1.88. The van der Waals surface area contributed by atoms with Gasteiger partial charge in [0, 0.05) is 12.6 Å². The molecule has 1 aromatic heterocycles. The summed E-state index contributed by atoms with van der Waals surface area (Å²) in [5.74, 6) is -3.96. The Morgan fingerprint density at radius 3 is 2.20 bits per heavy atom. The van der Waals surface area contributed by atoms with Crippen LogP contribution in [0, 0.1) is 17.5 Å². The summed E-state index contributed by atoms with van der Waals surface area (Å²) in [4.78, 5) is 0. The van der Waals surface area contributed by atoms with E-state index in [2.05, 4.69) is 10.3 Å². The van der Waals surface area contributed by atoms with Crippen molar-refractivity contribution in [2.45, 2.75) is 0 Å². The molecule has 15 heavy (non-hydrogen) atoms. The molecular formula is C9H6F3N3. The van der Waals surface area contributed by atoms with Crippen LogP contribution in [0.2, 0.25) is 0 Å². The summed E-state index contributed by atoms with van der Waals surface area (Å²) < 4.78 is 39.7. The second-order valence-corrected chi connectivity index (χ2v) is 3.03. The Labute approximate surface area is 83.1 Å².